The van der Waals surface area contributed by atoms with Crippen LogP contribution in [0.25, 0.3) is 28.1 Å². The monoisotopic (exact) mass is 536 g/mol. The van der Waals surface area contributed by atoms with Gasteiger partial charge < -0.3 is 0 Å². The molecule has 0 aliphatic carbocycles. The summed E-state index contributed by atoms with van der Waals surface area (Å²) in [4.78, 5) is 0. The van der Waals surface area contributed by atoms with Crippen molar-refractivity contribution in [1.82, 2.24) is 0 Å². The molecule has 0 nitrogen and oxygen atoms in total. The summed E-state index contributed by atoms with van der Waals surface area (Å²) in [6, 6.07) is 9.87. The number of benzene rings is 4. The third kappa shape index (κ3) is 5.46. The van der Waals surface area contributed by atoms with E-state index in [-0.39, 0.29) is 35.1 Å². The quantitative estimate of drug-likeness (QED) is 0.170. The van der Waals surface area contributed by atoms with Gasteiger partial charge in [-0.1, -0.05) is 24.3 Å². The summed E-state index contributed by atoms with van der Waals surface area (Å²) in [7, 11) is 0. The van der Waals surface area contributed by atoms with Crippen LogP contribution < -0.4 is 0 Å². The number of allylic oxidation sites excluding steroid dienone is 1. The van der Waals surface area contributed by atoms with Crippen molar-refractivity contribution in [3.05, 3.63) is 124 Å². The van der Waals surface area contributed by atoms with Crippen LogP contribution in [0.5, 0.6) is 0 Å². The zero-order chi connectivity index (χ0) is 27.7. The largest absolute Gasteiger partial charge is 0.209 e. The van der Waals surface area contributed by atoms with Gasteiger partial charge in [-0.15, -0.1) is 0 Å². The molecule has 0 bridgehead atoms. The van der Waals surface area contributed by atoms with Crippen LogP contribution >= 0.6 is 0 Å². The van der Waals surface area contributed by atoms with E-state index in [1.807, 2.05) is 0 Å². The van der Waals surface area contributed by atoms with E-state index in [0.717, 1.165) is 31.2 Å². The smallest absolute Gasteiger partial charge is 0.194 e. The maximum Gasteiger partial charge on any atom is 0.194 e. The van der Waals surface area contributed by atoms with E-state index in [4.69, 9.17) is 0 Å². The summed E-state index contributed by atoms with van der Waals surface area (Å²) in [5.41, 5.74) is -1.38. The SMILES string of the molecule is CC(F)=C(F)c1ccc(-c2cc(F)c(-c3cc(F)c(CCc4cc(F)c(F)c(F)c4)c(F)c3)c(F)c2)cc1. The van der Waals surface area contributed by atoms with E-state index in [0.29, 0.717) is 12.1 Å². The Morgan fingerprint density at radius 3 is 1.55 bits per heavy atom. The van der Waals surface area contributed by atoms with Crippen LogP contribution in [0.4, 0.5) is 39.5 Å². The highest BCUT2D eigenvalue weighted by Crippen LogP contribution is 2.34. The molecular weight excluding hydrogens is 519 g/mol. The van der Waals surface area contributed by atoms with Gasteiger partial charge in [0.2, 0.25) is 0 Å². The lowest BCUT2D eigenvalue weighted by Crippen LogP contribution is -2.02. The molecule has 0 amide bonds. The van der Waals surface area contributed by atoms with Gasteiger partial charge in [0.15, 0.2) is 23.3 Å². The normalized spacial score (nSPS) is 12.1. The van der Waals surface area contributed by atoms with Crippen molar-refractivity contribution >= 4 is 5.83 Å². The van der Waals surface area contributed by atoms with Gasteiger partial charge in [-0.05, 0) is 78.4 Å². The molecule has 9 heteroatoms. The Morgan fingerprint density at radius 2 is 1.05 bits per heavy atom. The summed E-state index contributed by atoms with van der Waals surface area (Å²) >= 11 is 0. The molecule has 0 aliphatic rings. The van der Waals surface area contributed by atoms with E-state index in [9.17, 15) is 39.5 Å². The Labute approximate surface area is 211 Å². The first-order valence-electron chi connectivity index (χ1n) is 11.2. The first-order valence-corrected chi connectivity index (χ1v) is 11.2. The summed E-state index contributed by atoms with van der Waals surface area (Å²) in [5.74, 6) is -11.2. The van der Waals surface area contributed by atoms with Crippen molar-refractivity contribution in [3.63, 3.8) is 0 Å². The lowest BCUT2D eigenvalue weighted by Gasteiger charge is -2.12. The Balaban J connectivity index is 1.61. The second-order valence-corrected chi connectivity index (χ2v) is 8.53. The molecule has 4 aromatic rings. The Hall–Kier alpha value is -4.01. The number of aryl methyl sites for hydroxylation is 1. The summed E-state index contributed by atoms with van der Waals surface area (Å²) in [6.45, 7) is 0.943. The molecule has 196 valence electrons. The minimum absolute atomic E-state index is 0.0384. The molecule has 0 atom stereocenters. The topological polar surface area (TPSA) is 0 Å². The predicted octanol–water partition coefficient (Wildman–Crippen LogP) is 9.41. The Morgan fingerprint density at radius 1 is 0.553 bits per heavy atom. The molecule has 0 heterocycles. The van der Waals surface area contributed by atoms with Gasteiger partial charge in [0, 0.05) is 11.1 Å². The fourth-order valence-corrected chi connectivity index (χ4v) is 4.03. The lowest BCUT2D eigenvalue weighted by atomic mass is 9.96. The van der Waals surface area contributed by atoms with E-state index < -0.39 is 69.1 Å². The predicted molar refractivity (Wildman–Crippen MR) is 126 cm³/mol. The van der Waals surface area contributed by atoms with E-state index >= 15 is 0 Å². The van der Waals surface area contributed by atoms with Gasteiger partial charge in [0.1, 0.15) is 29.1 Å². The molecule has 0 unspecified atom stereocenters. The molecule has 0 saturated carbocycles. The molecule has 0 saturated heterocycles. The van der Waals surface area contributed by atoms with Crippen molar-refractivity contribution in [3.8, 4) is 22.3 Å². The van der Waals surface area contributed by atoms with Crippen LogP contribution in [-0.4, -0.2) is 0 Å². The summed E-state index contributed by atoms with van der Waals surface area (Å²) in [6.07, 6.45) is -0.595. The molecular formula is C29H17F9. The summed E-state index contributed by atoms with van der Waals surface area (Å²) in [5, 5.41) is 0. The van der Waals surface area contributed by atoms with Crippen LogP contribution in [-0.2, 0) is 12.8 Å². The molecule has 0 aromatic heterocycles. The van der Waals surface area contributed by atoms with Crippen molar-refractivity contribution < 1.29 is 39.5 Å². The van der Waals surface area contributed by atoms with E-state index in [1.54, 1.807) is 0 Å². The van der Waals surface area contributed by atoms with Gasteiger partial charge in [0.05, 0.1) is 5.56 Å². The average molecular weight is 536 g/mol. The van der Waals surface area contributed by atoms with E-state index in [1.165, 1.54) is 24.3 Å². The van der Waals surface area contributed by atoms with Crippen LogP contribution in [0, 0.1) is 40.7 Å². The molecule has 0 fully saturated rings. The van der Waals surface area contributed by atoms with Crippen molar-refractivity contribution in [1.29, 1.82) is 0 Å². The zero-order valence-electron chi connectivity index (χ0n) is 19.6. The van der Waals surface area contributed by atoms with Gasteiger partial charge >= 0.3 is 0 Å². The standard InChI is InChI=1S/C29H17F9/c1-14(30)28(37)17-5-3-16(4-6-17)18-10-23(33)27(24(34)11-18)19-12-21(31)20(22(32)13-19)7-2-15-8-25(35)29(38)26(36)9-15/h3-6,8-13H,2,7H2,1H3. The lowest BCUT2D eigenvalue weighted by molar-refractivity contribution is 0.445. The Kier molecular flexibility index (Phi) is 7.66. The van der Waals surface area contributed by atoms with Gasteiger partial charge in [-0.25, -0.2) is 39.5 Å². The highest BCUT2D eigenvalue weighted by atomic mass is 19.2. The fourth-order valence-electron chi connectivity index (χ4n) is 4.03. The molecule has 4 aromatic carbocycles. The third-order valence-electron chi connectivity index (χ3n) is 5.95. The highest BCUT2D eigenvalue weighted by molar-refractivity contribution is 5.73. The minimum atomic E-state index is -1.67. The molecule has 0 N–H and O–H groups in total. The number of rotatable bonds is 6. The van der Waals surface area contributed by atoms with Crippen LogP contribution in [0.2, 0.25) is 0 Å². The van der Waals surface area contributed by atoms with Crippen LogP contribution in [0.3, 0.4) is 0 Å². The second kappa shape index (κ2) is 10.8. The van der Waals surface area contributed by atoms with Crippen LogP contribution in [0.15, 0.2) is 66.5 Å². The molecule has 0 aliphatic heterocycles. The van der Waals surface area contributed by atoms with Crippen LogP contribution in [0.1, 0.15) is 23.6 Å². The van der Waals surface area contributed by atoms with Crippen molar-refractivity contribution in [2.45, 2.75) is 19.8 Å². The average Bonchev–Trinajstić information content (AvgIpc) is 2.85. The molecule has 38 heavy (non-hydrogen) atoms. The minimum Gasteiger partial charge on any atom is -0.209 e. The van der Waals surface area contributed by atoms with Crippen molar-refractivity contribution in [2.24, 2.45) is 0 Å². The maximum absolute atomic E-state index is 14.9. The van der Waals surface area contributed by atoms with Gasteiger partial charge in [0.25, 0.3) is 0 Å². The van der Waals surface area contributed by atoms with Gasteiger partial charge in [-0.2, -0.15) is 0 Å². The number of hydrogen-bond donors (Lipinski definition) is 0. The highest BCUT2D eigenvalue weighted by Gasteiger charge is 2.20. The number of hydrogen-bond acceptors (Lipinski definition) is 0. The first-order chi connectivity index (χ1) is 18.0. The van der Waals surface area contributed by atoms with Crippen molar-refractivity contribution in [2.75, 3.05) is 0 Å². The second-order valence-electron chi connectivity index (χ2n) is 8.53. The number of halogens is 9. The summed E-state index contributed by atoms with van der Waals surface area (Å²) < 4.78 is 126. The molecule has 0 radical (unpaired) electrons. The Bertz CT molecular complexity index is 1480. The zero-order valence-corrected chi connectivity index (χ0v) is 19.6. The maximum atomic E-state index is 14.9. The molecule has 4 rings (SSSR count). The first kappa shape index (κ1) is 27.0. The van der Waals surface area contributed by atoms with Gasteiger partial charge in [-0.3, -0.25) is 0 Å². The third-order valence-corrected chi connectivity index (χ3v) is 5.95. The molecule has 0 spiro atoms. The van der Waals surface area contributed by atoms with E-state index in [2.05, 4.69) is 0 Å². The fraction of sp³-hybridized carbons (Fsp3) is 0.103.